The third-order valence-electron chi connectivity index (χ3n) is 15.5. The van der Waals surface area contributed by atoms with Crippen LogP contribution in [0.1, 0.15) is 86.1 Å². The normalized spacial score (nSPS) is 20.9. The minimum atomic E-state index is -3.03. The van der Waals surface area contributed by atoms with Crippen LogP contribution in [-0.4, -0.2) is 169 Å². The maximum Gasteiger partial charge on any atom is 0.342 e. The Labute approximate surface area is 479 Å². The van der Waals surface area contributed by atoms with E-state index in [0.717, 1.165) is 18.2 Å². The monoisotopic (exact) mass is 1210 g/mol. The van der Waals surface area contributed by atoms with Crippen LogP contribution < -0.4 is 4.74 Å². The van der Waals surface area contributed by atoms with Gasteiger partial charge in [0.1, 0.15) is 35.5 Å². The first-order chi connectivity index (χ1) is 41.0. The summed E-state index contributed by atoms with van der Waals surface area (Å²) < 4.78 is 35.8. The molecule has 20 N–H and O–H groups in total. The predicted molar refractivity (Wildman–Crippen MR) is 276 cm³/mol. The van der Waals surface area contributed by atoms with Crippen LogP contribution in [0.3, 0.4) is 0 Å². The third kappa shape index (κ3) is 7.75. The number of rotatable bonds is 2. The number of carbonyl (C=O) groups excluding carboxylic acids is 5. The highest BCUT2D eigenvalue weighted by Gasteiger charge is 2.57. The summed E-state index contributed by atoms with van der Waals surface area (Å²) in [5.41, 5.74) is -17.0. The zero-order valence-corrected chi connectivity index (χ0v) is 42.9. The second-order valence-corrected chi connectivity index (χ2v) is 20.3. The number of hydrogen-bond acceptors (Lipinski definition) is 31. The molecule has 448 valence electrons. The number of hydrogen-bond donors (Lipinski definition) is 20. The van der Waals surface area contributed by atoms with Crippen molar-refractivity contribution in [1.29, 1.82) is 0 Å². The average Bonchev–Trinajstić information content (AvgIpc) is 0.789. The highest BCUT2D eigenvalue weighted by atomic mass is 16.6. The van der Waals surface area contributed by atoms with E-state index < -0.39 is 278 Å². The topological polar surface area (TPSA) is 545 Å². The van der Waals surface area contributed by atoms with Gasteiger partial charge in [0.25, 0.3) is 0 Å². The van der Waals surface area contributed by atoms with Gasteiger partial charge in [0.15, 0.2) is 93.4 Å². The zero-order valence-electron chi connectivity index (χ0n) is 42.9. The Morgan fingerprint density at radius 2 is 0.862 bits per heavy atom. The molecule has 0 saturated heterocycles. The van der Waals surface area contributed by atoms with Crippen LogP contribution in [0, 0.1) is 0 Å². The number of phenolic OH excluding ortho intramolecular Hbond substituents is 19. The average molecular weight is 1210 g/mol. The fourth-order valence-electron chi connectivity index (χ4n) is 11.5. The Morgan fingerprint density at radius 3 is 1.49 bits per heavy atom. The van der Waals surface area contributed by atoms with Crippen molar-refractivity contribution >= 4 is 29.8 Å². The van der Waals surface area contributed by atoms with Gasteiger partial charge in [0, 0.05) is 62.6 Å². The largest absolute Gasteiger partial charge is 0.507 e. The van der Waals surface area contributed by atoms with Gasteiger partial charge in [0.2, 0.25) is 28.7 Å². The molecule has 7 aromatic carbocycles. The Balaban J connectivity index is 1.24. The van der Waals surface area contributed by atoms with Gasteiger partial charge in [-0.3, -0.25) is 0 Å². The highest BCUT2D eigenvalue weighted by Crippen LogP contribution is 2.64. The standard InChI is InChI=1S/C56H38O31/c57-16-2-1-10(3-18(16)59)47-22(63)5-11-17(58)8-19(60)27(48(11)84-47)31-30-33-29(42(72)46(76)43(30)73)28-32-24(40(70)45(75)41(28)71)12-4-15(35(65)44(74)34(12)64)54(79)83-23-9-82-52(77)13-6-20(61)36(66)38(68)25(13)26-14(7-21(62)37(67)39(26)69)53(78)85-49(23)51(87-55(32)80)50(31)86-56(33)81/h1-4,6-8,22-23,31,47,49-51,57-76H,5,9H2/t22-,23?,31-,47+,49?,50?,51?/m0/s1. The summed E-state index contributed by atoms with van der Waals surface area (Å²) in [7, 11) is 0. The van der Waals surface area contributed by atoms with Gasteiger partial charge in [-0.05, 0) is 35.9 Å². The first-order valence-electron chi connectivity index (χ1n) is 25.0. The number of phenols is 19. The fraction of sp³-hybridized carbons (Fsp3) is 0.161. The second-order valence-electron chi connectivity index (χ2n) is 20.3. The van der Waals surface area contributed by atoms with E-state index in [-0.39, 0.29) is 5.56 Å². The number of esters is 5. The Bertz CT molecular complexity index is 4350. The molecule has 6 bridgehead atoms. The van der Waals surface area contributed by atoms with Crippen LogP contribution in [0.5, 0.6) is 115 Å². The van der Waals surface area contributed by atoms with Crippen molar-refractivity contribution in [3.8, 4) is 148 Å². The van der Waals surface area contributed by atoms with E-state index in [1.807, 2.05) is 0 Å². The molecular weight excluding hydrogens is 1170 g/mol. The lowest BCUT2D eigenvalue weighted by atomic mass is 9.73. The maximum atomic E-state index is 15.8. The van der Waals surface area contributed by atoms with Crippen LogP contribution in [-0.2, 0) is 30.1 Å². The number of fused-ring (bicyclic) bond motifs is 15. The quantitative estimate of drug-likeness (QED) is 0.0671. The van der Waals surface area contributed by atoms with Crippen LogP contribution in [0.25, 0.3) is 33.4 Å². The summed E-state index contributed by atoms with van der Waals surface area (Å²) in [6.07, 6.45) is -15.8. The lowest BCUT2D eigenvalue weighted by molar-refractivity contribution is -0.135. The van der Waals surface area contributed by atoms with Crippen LogP contribution in [0.4, 0.5) is 0 Å². The molecule has 0 aromatic heterocycles. The molecule has 0 saturated carbocycles. The van der Waals surface area contributed by atoms with E-state index in [4.69, 9.17) is 28.4 Å². The summed E-state index contributed by atoms with van der Waals surface area (Å²) in [6.45, 7) is -1.64. The van der Waals surface area contributed by atoms with E-state index >= 15 is 14.4 Å². The molecule has 7 aromatic rings. The molecule has 31 heteroatoms. The summed E-state index contributed by atoms with van der Waals surface area (Å²) in [4.78, 5) is 75.8. The number of aliphatic hydroxyl groups excluding tert-OH is 1. The first kappa shape index (κ1) is 55.4. The van der Waals surface area contributed by atoms with E-state index in [9.17, 15) is 112 Å². The van der Waals surface area contributed by atoms with Gasteiger partial charge in [-0.1, -0.05) is 6.07 Å². The summed E-state index contributed by atoms with van der Waals surface area (Å²) >= 11 is 0. The number of ether oxygens (including phenoxy) is 6. The van der Waals surface area contributed by atoms with Gasteiger partial charge in [-0.2, -0.15) is 0 Å². The number of aromatic hydroxyl groups is 19. The number of benzene rings is 7. The van der Waals surface area contributed by atoms with Gasteiger partial charge in [0.05, 0.1) is 34.3 Å². The molecule has 5 aliphatic heterocycles. The highest BCUT2D eigenvalue weighted by molar-refractivity contribution is 6.15. The lowest BCUT2D eigenvalue weighted by Crippen LogP contribution is -2.56. The van der Waals surface area contributed by atoms with Crippen molar-refractivity contribution in [2.75, 3.05) is 6.61 Å². The van der Waals surface area contributed by atoms with E-state index in [1.165, 1.54) is 0 Å². The molecular formula is C56H38O31. The Morgan fingerprint density at radius 1 is 0.345 bits per heavy atom. The molecule has 0 spiro atoms. The van der Waals surface area contributed by atoms with E-state index in [2.05, 4.69) is 0 Å². The van der Waals surface area contributed by atoms with Crippen molar-refractivity contribution in [2.45, 2.75) is 49.0 Å². The summed E-state index contributed by atoms with van der Waals surface area (Å²) in [6, 6.07) is 4.64. The van der Waals surface area contributed by atoms with Crippen molar-refractivity contribution in [3.05, 3.63) is 92.5 Å². The first-order valence-corrected chi connectivity index (χ1v) is 25.0. The van der Waals surface area contributed by atoms with Crippen LogP contribution >= 0.6 is 0 Å². The Kier molecular flexibility index (Phi) is 12.1. The van der Waals surface area contributed by atoms with Crippen molar-refractivity contribution in [3.63, 3.8) is 0 Å². The number of carbonyl (C=O) groups is 5. The maximum absolute atomic E-state index is 15.8. The van der Waals surface area contributed by atoms with Gasteiger partial charge >= 0.3 is 29.8 Å². The molecule has 12 rings (SSSR count). The molecule has 7 atom stereocenters. The van der Waals surface area contributed by atoms with Crippen molar-refractivity contribution in [2.24, 2.45) is 0 Å². The predicted octanol–water partition coefficient (Wildman–Crippen LogP) is 3.28. The van der Waals surface area contributed by atoms with Crippen molar-refractivity contribution in [1.82, 2.24) is 0 Å². The smallest absolute Gasteiger partial charge is 0.342 e. The Hall–Kier alpha value is -12.2. The molecule has 0 fully saturated rings. The minimum Gasteiger partial charge on any atom is -0.507 e. The van der Waals surface area contributed by atoms with E-state index in [0.29, 0.717) is 24.3 Å². The second kappa shape index (κ2) is 18.9. The van der Waals surface area contributed by atoms with Gasteiger partial charge < -0.3 is 131 Å². The number of aliphatic hydroxyl groups is 1. The molecule has 31 nitrogen and oxygen atoms in total. The summed E-state index contributed by atoms with van der Waals surface area (Å²) in [5, 5.41) is 228. The molecule has 0 radical (unpaired) electrons. The van der Waals surface area contributed by atoms with E-state index in [1.54, 1.807) is 0 Å². The fourth-order valence-corrected chi connectivity index (χ4v) is 11.5. The molecule has 87 heavy (non-hydrogen) atoms. The lowest BCUT2D eigenvalue weighted by Gasteiger charge is -2.44. The third-order valence-corrected chi connectivity index (χ3v) is 15.5. The minimum absolute atomic E-state index is 0.143. The zero-order chi connectivity index (χ0) is 62.7. The number of cyclic esters (lactones) is 1. The molecule has 4 unspecified atom stereocenters. The molecule has 0 amide bonds. The van der Waals surface area contributed by atoms with Crippen LogP contribution in [0.2, 0.25) is 0 Å². The summed E-state index contributed by atoms with van der Waals surface area (Å²) in [5.74, 6) is -40.7. The molecule has 5 heterocycles. The van der Waals surface area contributed by atoms with Crippen molar-refractivity contribution < 1.29 is 155 Å². The van der Waals surface area contributed by atoms with Gasteiger partial charge in [-0.15, -0.1) is 0 Å². The molecule has 0 aliphatic carbocycles. The van der Waals surface area contributed by atoms with Crippen LogP contribution in [0.15, 0.2) is 42.5 Å². The molecule has 5 aliphatic rings. The van der Waals surface area contributed by atoms with Gasteiger partial charge in [-0.25, -0.2) is 24.0 Å². The SMILES string of the molecule is O=C1OC2COC(=O)c3cc(O)c(O)c(O)c3-c3c(cc(O)c(O)c3O)C(=O)OC2C2OC(=O)c3c(c(O)c(O)c(O)c3-c3c(O)c(O)c(O)c4c3C(=O)OC2[C@H]4c2c(O)cc(O)c3c2O[C@H](c2ccc(O)c(O)c2)[C@@H](O)C3)-c2cc1c(O)c(O)c2O.